The third kappa shape index (κ3) is 3.44. The second-order valence-corrected chi connectivity index (χ2v) is 9.40. The quantitative estimate of drug-likeness (QED) is 0.641. The maximum atomic E-state index is 3.77. The number of halogens is 2. The van der Waals surface area contributed by atoms with E-state index >= 15 is 0 Å². The topological polar surface area (TPSA) is 12.0 Å². The highest BCUT2D eigenvalue weighted by Crippen LogP contribution is 2.42. The minimum atomic E-state index is 0.425. The third-order valence-corrected chi connectivity index (χ3v) is 6.57. The molecule has 1 atom stereocenters. The second kappa shape index (κ2) is 6.95. The smallest absolute Gasteiger partial charge is 0.0758 e. The fourth-order valence-electron chi connectivity index (χ4n) is 3.22. The Morgan fingerprint density at radius 3 is 2.43 bits per heavy atom. The molecule has 0 radical (unpaired) electrons. The summed E-state index contributed by atoms with van der Waals surface area (Å²) in [5.41, 5.74) is 4.45. The molecule has 1 nitrogen and oxygen atoms in total. The fourth-order valence-corrected chi connectivity index (χ4v) is 6.15. The lowest BCUT2D eigenvalue weighted by molar-refractivity contribution is 0.374. The molecule has 0 fully saturated rings. The highest BCUT2D eigenvalue weighted by atomic mass is 79.9. The van der Waals surface area contributed by atoms with Crippen LogP contribution in [0.5, 0.6) is 0 Å². The SMILES string of the molecule is CCCNC(c1cc(Br)sc1Br)C1Cc2ccccc2C1. The Bertz CT molecular complexity index is 598. The van der Waals surface area contributed by atoms with Gasteiger partial charge < -0.3 is 5.32 Å². The van der Waals surface area contributed by atoms with Crippen molar-refractivity contribution < 1.29 is 0 Å². The standard InChI is InChI=1S/C17H19Br2NS/c1-2-7-20-16(14-10-15(18)21-17(14)19)13-8-11-5-3-4-6-12(11)9-13/h3-6,10,13,16,20H,2,7-9H2,1H3. The van der Waals surface area contributed by atoms with Crippen molar-refractivity contribution in [1.29, 1.82) is 0 Å². The van der Waals surface area contributed by atoms with Crippen LogP contribution in [-0.4, -0.2) is 6.54 Å². The van der Waals surface area contributed by atoms with E-state index in [2.05, 4.69) is 74.4 Å². The number of thiophene rings is 1. The van der Waals surface area contributed by atoms with Crippen molar-refractivity contribution in [3.05, 3.63) is 54.6 Å². The maximum Gasteiger partial charge on any atom is 0.0758 e. The van der Waals surface area contributed by atoms with Crippen molar-refractivity contribution in [3.8, 4) is 0 Å². The molecule has 1 aromatic carbocycles. The predicted octanol–water partition coefficient (Wildman–Crippen LogP) is 5.73. The van der Waals surface area contributed by atoms with Gasteiger partial charge in [0.2, 0.25) is 0 Å². The lowest BCUT2D eigenvalue weighted by Gasteiger charge is -2.25. The molecule has 21 heavy (non-hydrogen) atoms. The molecule has 0 bridgehead atoms. The van der Waals surface area contributed by atoms with Crippen LogP contribution >= 0.6 is 43.2 Å². The number of fused-ring (bicyclic) bond motifs is 1. The van der Waals surface area contributed by atoms with Gasteiger partial charge in [-0.2, -0.15) is 0 Å². The highest BCUT2D eigenvalue weighted by Gasteiger charge is 2.31. The predicted molar refractivity (Wildman–Crippen MR) is 98.1 cm³/mol. The van der Waals surface area contributed by atoms with Gasteiger partial charge in [-0.3, -0.25) is 0 Å². The van der Waals surface area contributed by atoms with Crippen LogP contribution < -0.4 is 5.32 Å². The number of hydrogen-bond donors (Lipinski definition) is 1. The maximum absolute atomic E-state index is 3.77. The lowest BCUT2D eigenvalue weighted by atomic mass is 9.92. The van der Waals surface area contributed by atoms with Crippen LogP contribution in [0.25, 0.3) is 0 Å². The van der Waals surface area contributed by atoms with Gasteiger partial charge in [0.05, 0.1) is 7.57 Å². The van der Waals surface area contributed by atoms with Crippen LogP contribution in [0, 0.1) is 5.92 Å². The zero-order valence-corrected chi connectivity index (χ0v) is 16.0. The summed E-state index contributed by atoms with van der Waals surface area (Å²) in [6.45, 7) is 3.30. The normalized spacial score (nSPS) is 16.1. The molecule has 3 rings (SSSR count). The van der Waals surface area contributed by atoms with Crippen molar-refractivity contribution in [3.63, 3.8) is 0 Å². The summed E-state index contributed by atoms with van der Waals surface area (Å²) in [6, 6.07) is 11.6. The van der Waals surface area contributed by atoms with Gasteiger partial charge in [-0.1, -0.05) is 31.2 Å². The minimum absolute atomic E-state index is 0.425. The van der Waals surface area contributed by atoms with E-state index in [1.165, 1.54) is 43.5 Å². The number of nitrogens with one attached hydrogen (secondary N) is 1. The van der Waals surface area contributed by atoms with Crippen LogP contribution in [0.1, 0.15) is 36.1 Å². The summed E-state index contributed by atoms with van der Waals surface area (Å²) >= 11 is 9.12. The molecule has 1 unspecified atom stereocenters. The molecule has 0 saturated heterocycles. The Labute approximate surface area is 147 Å². The van der Waals surface area contributed by atoms with E-state index in [4.69, 9.17) is 0 Å². The number of benzene rings is 1. The molecule has 2 aromatic rings. The molecular formula is C17H19Br2NS. The average Bonchev–Trinajstić information content (AvgIpc) is 3.03. The van der Waals surface area contributed by atoms with Gasteiger partial charge in [0.25, 0.3) is 0 Å². The highest BCUT2D eigenvalue weighted by molar-refractivity contribution is 9.12. The number of rotatable bonds is 5. The molecule has 1 heterocycles. The lowest BCUT2D eigenvalue weighted by Crippen LogP contribution is -2.29. The van der Waals surface area contributed by atoms with Gasteiger partial charge in [-0.25, -0.2) is 0 Å². The first-order valence-electron chi connectivity index (χ1n) is 7.44. The van der Waals surface area contributed by atoms with Crippen LogP contribution in [0.2, 0.25) is 0 Å². The monoisotopic (exact) mass is 427 g/mol. The van der Waals surface area contributed by atoms with Gasteiger partial charge in [0, 0.05) is 6.04 Å². The summed E-state index contributed by atoms with van der Waals surface area (Å²) < 4.78 is 2.45. The van der Waals surface area contributed by atoms with Crippen LogP contribution in [0.15, 0.2) is 37.9 Å². The molecular weight excluding hydrogens is 410 g/mol. The van der Waals surface area contributed by atoms with Crippen molar-refractivity contribution in [2.45, 2.75) is 32.2 Å². The van der Waals surface area contributed by atoms with Crippen LogP contribution in [0.3, 0.4) is 0 Å². The molecule has 0 aliphatic heterocycles. The van der Waals surface area contributed by atoms with Crippen molar-refractivity contribution >= 4 is 43.2 Å². The fraction of sp³-hybridized carbons (Fsp3) is 0.412. The Morgan fingerprint density at radius 1 is 1.24 bits per heavy atom. The molecule has 0 amide bonds. The second-order valence-electron chi connectivity index (χ2n) is 5.65. The van der Waals surface area contributed by atoms with E-state index in [1.54, 1.807) is 11.3 Å². The Morgan fingerprint density at radius 2 is 1.90 bits per heavy atom. The van der Waals surface area contributed by atoms with Gasteiger partial charge >= 0.3 is 0 Å². The van der Waals surface area contributed by atoms with Crippen molar-refractivity contribution in [2.24, 2.45) is 5.92 Å². The van der Waals surface area contributed by atoms with E-state index < -0.39 is 0 Å². The Kier molecular flexibility index (Phi) is 5.20. The first kappa shape index (κ1) is 15.7. The zero-order chi connectivity index (χ0) is 14.8. The van der Waals surface area contributed by atoms with E-state index in [0.717, 1.165) is 6.54 Å². The Hall–Kier alpha value is -0.160. The molecule has 1 N–H and O–H groups in total. The zero-order valence-electron chi connectivity index (χ0n) is 12.0. The molecule has 4 heteroatoms. The van der Waals surface area contributed by atoms with E-state index in [-0.39, 0.29) is 0 Å². The largest absolute Gasteiger partial charge is 0.310 e. The molecule has 1 aromatic heterocycles. The molecule has 1 aliphatic carbocycles. The minimum Gasteiger partial charge on any atom is -0.310 e. The van der Waals surface area contributed by atoms with Gasteiger partial charge in [-0.05, 0) is 86.3 Å². The first-order chi connectivity index (χ1) is 10.2. The summed E-state index contributed by atoms with van der Waals surface area (Å²) in [7, 11) is 0. The molecule has 0 saturated carbocycles. The van der Waals surface area contributed by atoms with Crippen LogP contribution in [-0.2, 0) is 12.8 Å². The summed E-state index contributed by atoms with van der Waals surface area (Å²) in [6.07, 6.45) is 3.52. The van der Waals surface area contributed by atoms with Crippen molar-refractivity contribution in [2.75, 3.05) is 6.54 Å². The van der Waals surface area contributed by atoms with Crippen LogP contribution in [0.4, 0.5) is 0 Å². The summed E-state index contributed by atoms with van der Waals surface area (Å²) in [4.78, 5) is 0. The van der Waals surface area contributed by atoms with E-state index in [1.807, 2.05) is 0 Å². The van der Waals surface area contributed by atoms with Crippen molar-refractivity contribution in [1.82, 2.24) is 5.32 Å². The van der Waals surface area contributed by atoms with Gasteiger partial charge in [0.1, 0.15) is 0 Å². The Balaban J connectivity index is 1.86. The molecule has 112 valence electrons. The van der Waals surface area contributed by atoms with Gasteiger partial charge in [0.15, 0.2) is 0 Å². The molecule has 1 aliphatic rings. The first-order valence-corrected chi connectivity index (χ1v) is 9.84. The third-order valence-electron chi connectivity index (χ3n) is 4.19. The van der Waals surface area contributed by atoms with E-state index in [9.17, 15) is 0 Å². The van der Waals surface area contributed by atoms with Gasteiger partial charge in [-0.15, -0.1) is 11.3 Å². The average molecular weight is 429 g/mol. The molecule has 0 spiro atoms. The number of hydrogen-bond acceptors (Lipinski definition) is 2. The van der Waals surface area contributed by atoms with E-state index in [0.29, 0.717) is 12.0 Å². The summed E-state index contributed by atoms with van der Waals surface area (Å²) in [5, 5.41) is 3.77. The summed E-state index contributed by atoms with van der Waals surface area (Å²) in [5.74, 6) is 0.645.